The van der Waals surface area contributed by atoms with E-state index in [4.69, 9.17) is 9.47 Å². The molecule has 5 atom stereocenters. The summed E-state index contributed by atoms with van der Waals surface area (Å²) >= 11 is 0. The Hall–Kier alpha value is -2.62. The molecule has 0 N–H and O–H groups in total. The summed E-state index contributed by atoms with van der Waals surface area (Å²) in [7, 11) is 1.39. The summed E-state index contributed by atoms with van der Waals surface area (Å²) in [6.07, 6.45) is 4.59. The van der Waals surface area contributed by atoms with Crippen LogP contribution in [0.25, 0.3) is 0 Å². The van der Waals surface area contributed by atoms with Gasteiger partial charge in [-0.3, -0.25) is 9.59 Å². The Morgan fingerprint density at radius 3 is 2.71 bits per heavy atom. The third kappa shape index (κ3) is 3.37. The molecule has 0 spiro atoms. The van der Waals surface area contributed by atoms with Gasteiger partial charge < -0.3 is 9.47 Å². The number of ether oxygens (including phenoxy) is 2. The number of methoxy groups -OCH3 is 1. The Morgan fingerprint density at radius 2 is 1.94 bits per heavy atom. The molecule has 2 aromatic rings. The first-order valence-corrected chi connectivity index (χ1v) is 11.4. The van der Waals surface area contributed by atoms with E-state index >= 15 is 0 Å². The Bertz CT molecular complexity index is 998. The monoisotopic (exact) mass is 418 g/mol. The standard InChI is InChI=1S/C27H30O4/c1-27-13-12-21-20-11-9-19(31-16-17-6-4-3-5-7-17)14-18(20)8-10-22(21)24(27)15-23(25(27)28)26(29)30-2/h3-7,9,11,14,21-24H,8,10,12-13,15-16H2,1-2H3/t21-,22-,23+,24+,27+/m1/s1. The van der Waals surface area contributed by atoms with Crippen molar-refractivity contribution in [3.8, 4) is 5.75 Å². The summed E-state index contributed by atoms with van der Waals surface area (Å²) in [5.41, 5.74) is 3.58. The molecule has 3 aliphatic rings. The van der Waals surface area contributed by atoms with Gasteiger partial charge in [-0.15, -0.1) is 0 Å². The lowest BCUT2D eigenvalue weighted by molar-refractivity contribution is -0.149. The molecule has 2 aromatic carbocycles. The number of carbonyl (C=O) groups is 2. The largest absolute Gasteiger partial charge is 0.489 e. The third-order valence-electron chi connectivity index (χ3n) is 8.19. The number of benzene rings is 2. The molecule has 2 fully saturated rings. The lowest BCUT2D eigenvalue weighted by Gasteiger charge is -2.48. The number of hydrogen-bond donors (Lipinski definition) is 0. The molecule has 3 aliphatic carbocycles. The maximum atomic E-state index is 13.1. The van der Waals surface area contributed by atoms with E-state index in [0.717, 1.165) is 37.0 Å². The highest BCUT2D eigenvalue weighted by molar-refractivity contribution is 6.04. The highest BCUT2D eigenvalue weighted by Crippen LogP contribution is 2.61. The van der Waals surface area contributed by atoms with Crippen molar-refractivity contribution in [2.45, 2.75) is 51.6 Å². The summed E-state index contributed by atoms with van der Waals surface area (Å²) < 4.78 is 11.0. The van der Waals surface area contributed by atoms with Crippen molar-refractivity contribution >= 4 is 11.8 Å². The summed E-state index contributed by atoms with van der Waals surface area (Å²) in [4.78, 5) is 25.3. The lowest BCUT2D eigenvalue weighted by atomic mass is 9.55. The van der Waals surface area contributed by atoms with E-state index in [-0.39, 0.29) is 23.1 Å². The second-order valence-corrected chi connectivity index (χ2v) is 9.68. The average Bonchev–Trinajstić information content (AvgIpc) is 3.08. The highest BCUT2D eigenvalue weighted by Gasteiger charge is 2.59. The maximum Gasteiger partial charge on any atom is 0.316 e. The molecule has 0 heterocycles. The van der Waals surface area contributed by atoms with Gasteiger partial charge in [-0.2, -0.15) is 0 Å². The van der Waals surface area contributed by atoms with Crippen LogP contribution in [-0.2, 0) is 27.4 Å². The van der Waals surface area contributed by atoms with Crippen LogP contribution in [-0.4, -0.2) is 18.9 Å². The van der Waals surface area contributed by atoms with Crippen molar-refractivity contribution in [2.75, 3.05) is 7.11 Å². The fourth-order valence-electron chi connectivity index (χ4n) is 6.55. The summed E-state index contributed by atoms with van der Waals surface area (Å²) in [6, 6.07) is 16.8. The van der Waals surface area contributed by atoms with Crippen LogP contribution in [0, 0.1) is 23.2 Å². The molecule has 5 rings (SSSR count). The molecule has 162 valence electrons. The van der Waals surface area contributed by atoms with E-state index in [1.165, 1.54) is 18.2 Å². The second-order valence-electron chi connectivity index (χ2n) is 9.68. The van der Waals surface area contributed by atoms with E-state index in [0.29, 0.717) is 24.9 Å². The number of carbonyl (C=O) groups excluding carboxylic acids is 2. The minimum absolute atomic E-state index is 0.109. The lowest BCUT2D eigenvalue weighted by Crippen LogP contribution is -2.42. The van der Waals surface area contributed by atoms with Crippen molar-refractivity contribution < 1.29 is 19.1 Å². The molecular weight excluding hydrogens is 388 g/mol. The molecule has 0 aliphatic heterocycles. The Kier molecular flexibility index (Phi) is 5.11. The molecule has 0 bridgehead atoms. The highest BCUT2D eigenvalue weighted by atomic mass is 16.5. The molecular formula is C27H30O4. The van der Waals surface area contributed by atoms with Crippen LogP contribution in [0.5, 0.6) is 5.75 Å². The maximum absolute atomic E-state index is 13.1. The normalized spacial score (nSPS) is 31.4. The van der Waals surface area contributed by atoms with Crippen LogP contribution in [0.2, 0.25) is 0 Å². The van der Waals surface area contributed by atoms with Crippen molar-refractivity contribution in [1.82, 2.24) is 0 Å². The molecule has 2 saturated carbocycles. The van der Waals surface area contributed by atoms with Crippen LogP contribution in [0.3, 0.4) is 0 Å². The minimum Gasteiger partial charge on any atom is -0.489 e. The topological polar surface area (TPSA) is 52.6 Å². The van der Waals surface area contributed by atoms with Gasteiger partial charge in [0, 0.05) is 5.41 Å². The fraction of sp³-hybridized carbons (Fsp3) is 0.481. The van der Waals surface area contributed by atoms with Gasteiger partial charge in [-0.25, -0.2) is 0 Å². The predicted octanol–water partition coefficient (Wildman–Crippen LogP) is 5.09. The van der Waals surface area contributed by atoms with Gasteiger partial charge in [0.1, 0.15) is 18.3 Å². The van der Waals surface area contributed by atoms with Crippen molar-refractivity contribution in [3.05, 3.63) is 65.2 Å². The smallest absolute Gasteiger partial charge is 0.316 e. The predicted molar refractivity (Wildman–Crippen MR) is 118 cm³/mol. The number of aryl methyl sites for hydroxylation is 1. The summed E-state index contributed by atoms with van der Waals surface area (Å²) in [5, 5.41) is 0. The summed E-state index contributed by atoms with van der Waals surface area (Å²) in [6.45, 7) is 2.67. The number of rotatable bonds is 4. The van der Waals surface area contributed by atoms with Crippen LogP contribution < -0.4 is 4.74 Å². The number of esters is 1. The molecule has 0 saturated heterocycles. The van der Waals surface area contributed by atoms with Gasteiger partial charge in [-0.1, -0.05) is 43.3 Å². The molecule has 31 heavy (non-hydrogen) atoms. The van der Waals surface area contributed by atoms with Crippen LogP contribution >= 0.6 is 0 Å². The van der Waals surface area contributed by atoms with E-state index in [1.807, 2.05) is 18.2 Å². The van der Waals surface area contributed by atoms with Gasteiger partial charge in [-0.05, 0) is 78.7 Å². The third-order valence-corrected chi connectivity index (χ3v) is 8.19. The molecule has 0 unspecified atom stereocenters. The van der Waals surface area contributed by atoms with Crippen LogP contribution in [0.4, 0.5) is 0 Å². The molecule has 4 nitrogen and oxygen atoms in total. The zero-order valence-electron chi connectivity index (χ0n) is 18.3. The number of hydrogen-bond acceptors (Lipinski definition) is 4. The average molecular weight is 419 g/mol. The first kappa shape index (κ1) is 20.3. The van der Waals surface area contributed by atoms with E-state index < -0.39 is 5.92 Å². The van der Waals surface area contributed by atoms with Crippen molar-refractivity contribution in [1.29, 1.82) is 0 Å². The fourth-order valence-corrected chi connectivity index (χ4v) is 6.55. The zero-order chi connectivity index (χ0) is 21.6. The summed E-state index contributed by atoms with van der Waals surface area (Å²) in [5.74, 6) is 1.30. The van der Waals surface area contributed by atoms with Gasteiger partial charge in [0.2, 0.25) is 0 Å². The van der Waals surface area contributed by atoms with Crippen molar-refractivity contribution in [2.24, 2.45) is 23.2 Å². The van der Waals surface area contributed by atoms with Gasteiger partial charge in [0.05, 0.1) is 7.11 Å². The van der Waals surface area contributed by atoms with Crippen LogP contribution in [0.1, 0.15) is 55.2 Å². The molecule has 0 radical (unpaired) electrons. The Labute approximate surface area is 183 Å². The first-order chi connectivity index (χ1) is 15.0. The molecule has 4 heteroatoms. The quantitative estimate of drug-likeness (QED) is 0.513. The minimum atomic E-state index is -0.575. The van der Waals surface area contributed by atoms with Gasteiger partial charge >= 0.3 is 5.97 Å². The van der Waals surface area contributed by atoms with Crippen LogP contribution in [0.15, 0.2) is 48.5 Å². The number of fused-ring (bicyclic) bond motifs is 5. The molecule has 0 aromatic heterocycles. The van der Waals surface area contributed by atoms with E-state index in [1.54, 1.807) is 0 Å². The second kappa shape index (κ2) is 7.81. The first-order valence-electron chi connectivity index (χ1n) is 11.4. The van der Waals surface area contributed by atoms with Gasteiger partial charge in [0.25, 0.3) is 0 Å². The molecule has 0 amide bonds. The van der Waals surface area contributed by atoms with E-state index in [9.17, 15) is 9.59 Å². The zero-order valence-corrected chi connectivity index (χ0v) is 18.3. The number of ketones is 1. The Morgan fingerprint density at radius 1 is 1.13 bits per heavy atom. The van der Waals surface area contributed by atoms with Gasteiger partial charge in [0.15, 0.2) is 5.78 Å². The number of Topliss-reactive ketones (excluding diaryl/α,β-unsaturated/α-hetero) is 1. The van der Waals surface area contributed by atoms with Crippen molar-refractivity contribution in [3.63, 3.8) is 0 Å². The Balaban J connectivity index is 1.35. The SMILES string of the molecule is COC(=O)[C@H]1C[C@H]2[C@@H]3CCc4cc(OCc5ccccc5)ccc4[C@H]3CC[C@]2(C)C1=O. The van der Waals surface area contributed by atoms with E-state index in [2.05, 4.69) is 37.3 Å².